The highest BCUT2D eigenvalue weighted by molar-refractivity contribution is 7.90. The van der Waals surface area contributed by atoms with Gasteiger partial charge in [-0.3, -0.25) is 4.79 Å². The second-order valence-corrected chi connectivity index (χ2v) is 9.02. The maximum absolute atomic E-state index is 12.1. The van der Waals surface area contributed by atoms with Crippen LogP contribution in [0.4, 0.5) is 0 Å². The van der Waals surface area contributed by atoms with Gasteiger partial charge < -0.3 is 10.1 Å². The van der Waals surface area contributed by atoms with Gasteiger partial charge in [-0.15, -0.1) is 0 Å². The van der Waals surface area contributed by atoms with Crippen LogP contribution in [0.15, 0.2) is 41.3 Å². The van der Waals surface area contributed by atoms with Crippen LogP contribution in [0.1, 0.15) is 40.0 Å². The zero-order valence-corrected chi connectivity index (χ0v) is 17.6. The van der Waals surface area contributed by atoms with Crippen LogP contribution in [0.2, 0.25) is 5.02 Å². The third kappa shape index (κ3) is 5.56. The van der Waals surface area contributed by atoms with Crippen LogP contribution >= 0.6 is 11.6 Å². The predicted molar refractivity (Wildman–Crippen MR) is 107 cm³/mol. The number of sulfone groups is 1. The van der Waals surface area contributed by atoms with E-state index in [4.69, 9.17) is 16.3 Å². The van der Waals surface area contributed by atoms with Crippen molar-refractivity contribution in [1.82, 2.24) is 5.32 Å². The number of nitrogens with one attached hydrogen (secondary N) is 1. The molecule has 0 heterocycles. The third-order valence-corrected chi connectivity index (χ3v) is 5.89. The molecule has 0 aromatic heterocycles. The number of rotatable bonds is 6. The Labute approximate surface area is 169 Å². The van der Waals surface area contributed by atoms with Gasteiger partial charge in [-0.1, -0.05) is 29.8 Å². The predicted octanol–water partition coefficient (Wildman–Crippen LogP) is 3.39. The van der Waals surface area contributed by atoms with Crippen LogP contribution in [-0.4, -0.2) is 33.2 Å². The summed E-state index contributed by atoms with van der Waals surface area (Å²) in [5, 5.41) is 2.77. The van der Waals surface area contributed by atoms with E-state index in [-0.39, 0.29) is 21.5 Å². The number of hydrogen-bond acceptors (Lipinski definition) is 5. The lowest BCUT2D eigenvalue weighted by Gasteiger charge is -2.16. The number of carbonyl (C=O) groups is 2. The van der Waals surface area contributed by atoms with Gasteiger partial charge in [-0.2, -0.15) is 0 Å². The van der Waals surface area contributed by atoms with Gasteiger partial charge in [0.2, 0.25) is 0 Å². The summed E-state index contributed by atoms with van der Waals surface area (Å²) in [5.41, 5.74) is 3.22. The number of esters is 1. The molecule has 0 aliphatic heterocycles. The number of halogens is 1. The minimum absolute atomic E-state index is 0.000155. The van der Waals surface area contributed by atoms with Gasteiger partial charge in [0.15, 0.2) is 16.4 Å². The zero-order chi connectivity index (χ0) is 21.1. The fourth-order valence-corrected chi connectivity index (χ4v) is 3.83. The van der Waals surface area contributed by atoms with Crippen LogP contribution in [0.3, 0.4) is 0 Å². The molecule has 0 radical (unpaired) electrons. The van der Waals surface area contributed by atoms with Gasteiger partial charge in [-0.25, -0.2) is 13.2 Å². The highest BCUT2D eigenvalue weighted by Crippen LogP contribution is 2.23. The van der Waals surface area contributed by atoms with E-state index in [9.17, 15) is 18.0 Å². The van der Waals surface area contributed by atoms with Crippen molar-refractivity contribution < 1.29 is 22.7 Å². The lowest BCUT2D eigenvalue weighted by atomic mass is 10.0. The Kier molecular flexibility index (Phi) is 6.85. The average Bonchev–Trinajstić information content (AvgIpc) is 2.61. The Morgan fingerprint density at radius 3 is 2.39 bits per heavy atom. The van der Waals surface area contributed by atoms with Gasteiger partial charge in [0.25, 0.3) is 5.91 Å². The van der Waals surface area contributed by atoms with Crippen molar-refractivity contribution in [1.29, 1.82) is 0 Å². The molecule has 0 spiro atoms. The molecule has 1 unspecified atom stereocenters. The largest absolute Gasteiger partial charge is 0.452 e. The molecule has 0 saturated heterocycles. The molecule has 0 aliphatic carbocycles. The van der Waals surface area contributed by atoms with Crippen molar-refractivity contribution in [3.63, 3.8) is 0 Å². The molecule has 8 heteroatoms. The molecule has 28 heavy (non-hydrogen) atoms. The highest BCUT2D eigenvalue weighted by Gasteiger charge is 2.18. The summed E-state index contributed by atoms with van der Waals surface area (Å²) >= 11 is 5.85. The van der Waals surface area contributed by atoms with Gasteiger partial charge in [0.1, 0.15) is 0 Å². The summed E-state index contributed by atoms with van der Waals surface area (Å²) in [6.45, 7) is 5.35. The third-order valence-electron chi connectivity index (χ3n) is 4.31. The molecule has 0 bridgehead atoms. The topological polar surface area (TPSA) is 89.5 Å². The number of amides is 1. The Balaban J connectivity index is 1.99. The summed E-state index contributed by atoms with van der Waals surface area (Å²) in [6, 6.07) is 9.43. The van der Waals surface area contributed by atoms with Crippen molar-refractivity contribution >= 4 is 33.3 Å². The van der Waals surface area contributed by atoms with Crippen molar-refractivity contribution in [2.75, 3.05) is 12.9 Å². The van der Waals surface area contributed by atoms with Crippen LogP contribution in [0.5, 0.6) is 0 Å². The fraction of sp³-hybridized carbons (Fsp3) is 0.300. The Morgan fingerprint density at radius 2 is 1.79 bits per heavy atom. The summed E-state index contributed by atoms with van der Waals surface area (Å²) in [4.78, 5) is 24.1. The molecule has 1 amide bonds. The van der Waals surface area contributed by atoms with E-state index in [2.05, 4.69) is 5.32 Å². The number of aryl methyl sites for hydroxylation is 2. The first-order chi connectivity index (χ1) is 13.0. The van der Waals surface area contributed by atoms with Crippen LogP contribution in [-0.2, 0) is 19.4 Å². The van der Waals surface area contributed by atoms with Gasteiger partial charge in [-0.05, 0) is 55.7 Å². The number of carbonyl (C=O) groups excluding carboxylic acids is 2. The van der Waals surface area contributed by atoms with Gasteiger partial charge >= 0.3 is 5.97 Å². The highest BCUT2D eigenvalue weighted by atomic mass is 35.5. The van der Waals surface area contributed by atoms with E-state index < -0.39 is 28.3 Å². The fourth-order valence-electron chi connectivity index (χ4n) is 2.53. The average molecular weight is 424 g/mol. The van der Waals surface area contributed by atoms with E-state index >= 15 is 0 Å². The minimum atomic E-state index is -3.59. The lowest BCUT2D eigenvalue weighted by molar-refractivity contribution is -0.124. The van der Waals surface area contributed by atoms with E-state index in [1.165, 1.54) is 12.1 Å². The number of benzene rings is 2. The first-order valence-corrected chi connectivity index (χ1v) is 10.8. The van der Waals surface area contributed by atoms with E-state index in [1.807, 2.05) is 39.0 Å². The SMILES string of the molecule is Cc1ccc(C(C)NC(=O)COC(=O)c2ccc(Cl)c(S(C)(=O)=O)c2)cc1C. The second-order valence-electron chi connectivity index (χ2n) is 6.63. The van der Waals surface area contributed by atoms with Gasteiger partial charge in [0.05, 0.1) is 21.5 Å². The first-order valence-electron chi connectivity index (χ1n) is 8.52. The molecule has 1 N–H and O–H groups in total. The van der Waals surface area contributed by atoms with Crippen molar-refractivity contribution in [3.8, 4) is 0 Å². The zero-order valence-electron chi connectivity index (χ0n) is 16.1. The number of ether oxygens (including phenoxy) is 1. The van der Waals surface area contributed by atoms with Crippen molar-refractivity contribution in [2.45, 2.75) is 31.7 Å². The molecule has 2 aromatic carbocycles. The lowest BCUT2D eigenvalue weighted by Crippen LogP contribution is -2.31. The summed E-state index contributed by atoms with van der Waals surface area (Å²) in [5.74, 6) is -1.27. The normalized spacial score (nSPS) is 12.3. The Hall–Kier alpha value is -2.38. The summed E-state index contributed by atoms with van der Waals surface area (Å²) < 4.78 is 28.4. The quantitative estimate of drug-likeness (QED) is 0.719. The molecule has 2 aromatic rings. The monoisotopic (exact) mass is 423 g/mol. The summed E-state index contributed by atoms with van der Waals surface area (Å²) in [7, 11) is -3.59. The minimum Gasteiger partial charge on any atom is -0.452 e. The summed E-state index contributed by atoms with van der Waals surface area (Å²) in [6.07, 6.45) is 0.991. The molecule has 0 fully saturated rings. The second kappa shape index (κ2) is 8.75. The maximum Gasteiger partial charge on any atom is 0.338 e. The van der Waals surface area contributed by atoms with E-state index in [0.717, 1.165) is 29.0 Å². The molecule has 0 aliphatic rings. The Morgan fingerprint density at radius 1 is 1.11 bits per heavy atom. The molecular weight excluding hydrogens is 402 g/mol. The Bertz CT molecular complexity index is 1020. The number of hydrogen-bond donors (Lipinski definition) is 1. The smallest absolute Gasteiger partial charge is 0.338 e. The van der Waals surface area contributed by atoms with Crippen molar-refractivity contribution in [3.05, 3.63) is 63.7 Å². The van der Waals surface area contributed by atoms with Gasteiger partial charge in [0, 0.05) is 6.26 Å². The first kappa shape index (κ1) is 21.9. The molecule has 150 valence electrons. The molecular formula is C20H22ClNO5S. The molecule has 0 saturated carbocycles. The van der Waals surface area contributed by atoms with Crippen LogP contribution in [0.25, 0.3) is 0 Å². The van der Waals surface area contributed by atoms with E-state index in [1.54, 1.807) is 0 Å². The van der Waals surface area contributed by atoms with Crippen molar-refractivity contribution in [2.24, 2.45) is 0 Å². The molecule has 2 rings (SSSR count). The van der Waals surface area contributed by atoms with Crippen LogP contribution in [0, 0.1) is 13.8 Å². The van der Waals surface area contributed by atoms with E-state index in [0.29, 0.717) is 0 Å². The standard InChI is InChI=1S/C20H22ClNO5S/c1-12-5-6-15(9-13(12)2)14(3)22-19(23)11-27-20(24)16-7-8-17(21)18(10-16)28(4,25)26/h5-10,14H,11H2,1-4H3,(H,22,23). The van der Waals surface area contributed by atoms with Crippen LogP contribution < -0.4 is 5.32 Å². The molecule has 6 nitrogen and oxygen atoms in total. The maximum atomic E-state index is 12.1. The molecule has 1 atom stereocenters.